The predicted octanol–water partition coefficient (Wildman–Crippen LogP) is 3.49. The molecule has 0 spiro atoms. The van der Waals surface area contributed by atoms with E-state index < -0.39 is 0 Å². The number of unbranched alkanes of at least 4 members (excludes halogenated alkanes) is 3. The highest BCUT2D eigenvalue weighted by molar-refractivity contribution is 5.82. The lowest BCUT2D eigenvalue weighted by atomic mass is 9.99. The van der Waals surface area contributed by atoms with Gasteiger partial charge in [-0.3, -0.25) is 4.79 Å². The second-order valence-corrected chi connectivity index (χ2v) is 3.98. The van der Waals surface area contributed by atoms with Crippen LogP contribution in [0.5, 0.6) is 0 Å². The molecule has 1 nitrogen and oxygen atoms in total. The maximum Gasteiger partial charge on any atom is 0.135 e. The Kier molecular flexibility index (Phi) is 4.81. The number of ketones is 1. The van der Waals surface area contributed by atoms with E-state index in [4.69, 9.17) is 0 Å². The summed E-state index contributed by atoms with van der Waals surface area (Å²) < 4.78 is 0. The molecule has 0 bridgehead atoms. The minimum absolute atomic E-state index is 0.420. The van der Waals surface area contributed by atoms with Crippen molar-refractivity contribution in [3.8, 4) is 0 Å². The molecule has 0 radical (unpaired) electrons. The highest BCUT2D eigenvalue weighted by atomic mass is 16.1. The fourth-order valence-electron chi connectivity index (χ4n) is 2.05. The summed E-state index contributed by atoms with van der Waals surface area (Å²) in [5, 5.41) is 0. The van der Waals surface area contributed by atoms with Crippen LogP contribution in [0.15, 0.2) is 12.7 Å². The van der Waals surface area contributed by atoms with Crippen molar-refractivity contribution in [1.29, 1.82) is 0 Å². The Bertz CT molecular complexity index is 172. The number of hydrogen-bond acceptors (Lipinski definition) is 1. The largest absolute Gasteiger partial charge is 0.299 e. The summed E-state index contributed by atoms with van der Waals surface area (Å²) >= 11 is 0. The first-order valence-corrected chi connectivity index (χ1v) is 5.48. The van der Waals surface area contributed by atoms with E-state index in [0.717, 1.165) is 32.1 Å². The van der Waals surface area contributed by atoms with E-state index in [1.54, 1.807) is 0 Å². The summed E-state index contributed by atoms with van der Waals surface area (Å²) in [4.78, 5) is 11.3. The summed E-state index contributed by atoms with van der Waals surface area (Å²) in [5.41, 5.74) is 0. The van der Waals surface area contributed by atoms with Crippen molar-refractivity contribution in [1.82, 2.24) is 0 Å². The number of rotatable bonds is 6. The molecule has 0 unspecified atom stereocenters. The van der Waals surface area contributed by atoms with Crippen molar-refractivity contribution in [2.24, 2.45) is 5.92 Å². The number of carbonyl (C=O) groups is 1. The van der Waals surface area contributed by atoms with E-state index in [1.807, 2.05) is 6.08 Å². The van der Waals surface area contributed by atoms with Crippen molar-refractivity contribution in [2.75, 3.05) is 0 Å². The van der Waals surface area contributed by atoms with E-state index in [-0.39, 0.29) is 0 Å². The van der Waals surface area contributed by atoms with Gasteiger partial charge in [0.15, 0.2) is 0 Å². The molecule has 1 aliphatic carbocycles. The summed E-state index contributed by atoms with van der Waals surface area (Å²) in [6.07, 6.45) is 11.1. The van der Waals surface area contributed by atoms with Crippen molar-refractivity contribution in [2.45, 2.75) is 51.4 Å². The zero-order chi connectivity index (χ0) is 9.52. The molecule has 0 amide bonds. The lowest BCUT2D eigenvalue weighted by Crippen LogP contribution is -2.05. The van der Waals surface area contributed by atoms with E-state index in [1.165, 1.54) is 19.3 Å². The van der Waals surface area contributed by atoms with Gasteiger partial charge in [-0.05, 0) is 32.1 Å². The Morgan fingerprint density at radius 1 is 1.38 bits per heavy atom. The van der Waals surface area contributed by atoms with Crippen LogP contribution in [-0.4, -0.2) is 5.78 Å². The lowest BCUT2D eigenvalue weighted by molar-refractivity contribution is -0.120. The van der Waals surface area contributed by atoms with Gasteiger partial charge in [-0.1, -0.05) is 18.9 Å². The second kappa shape index (κ2) is 5.95. The Labute approximate surface area is 81.2 Å². The zero-order valence-corrected chi connectivity index (χ0v) is 8.43. The zero-order valence-electron chi connectivity index (χ0n) is 8.43. The van der Waals surface area contributed by atoms with Crippen LogP contribution in [0.1, 0.15) is 51.4 Å². The quantitative estimate of drug-likeness (QED) is 0.451. The summed E-state index contributed by atoms with van der Waals surface area (Å²) in [6.45, 7) is 3.69. The van der Waals surface area contributed by atoms with Crippen molar-refractivity contribution < 1.29 is 4.79 Å². The molecule has 0 aromatic rings. The van der Waals surface area contributed by atoms with Gasteiger partial charge in [0.2, 0.25) is 0 Å². The molecule has 0 heterocycles. The van der Waals surface area contributed by atoms with E-state index in [2.05, 4.69) is 6.58 Å². The van der Waals surface area contributed by atoms with Gasteiger partial charge in [0.25, 0.3) is 0 Å². The minimum Gasteiger partial charge on any atom is -0.299 e. The first kappa shape index (κ1) is 10.5. The van der Waals surface area contributed by atoms with Gasteiger partial charge < -0.3 is 0 Å². The Morgan fingerprint density at radius 3 is 2.85 bits per heavy atom. The molecule has 1 heteroatoms. The monoisotopic (exact) mass is 180 g/mol. The first-order valence-electron chi connectivity index (χ1n) is 5.48. The van der Waals surface area contributed by atoms with Crippen LogP contribution in [0.25, 0.3) is 0 Å². The molecule has 1 atom stereocenters. The van der Waals surface area contributed by atoms with Crippen molar-refractivity contribution >= 4 is 5.78 Å². The van der Waals surface area contributed by atoms with Gasteiger partial charge in [0, 0.05) is 12.3 Å². The molecule has 1 saturated carbocycles. The molecule has 0 N–H and O–H groups in total. The van der Waals surface area contributed by atoms with Crippen LogP contribution in [0.4, 0.5) is 0 Å². The van der Waals surface area contributed by atoms with Crippen LogP contribution in [0, 0.1) is 5.92 Å². The van der Waals surface area contributed by atoms with Gasteiger partial charge in [-0.25, -0.2) is 0 Å². The smallest absolute Gasteiger partial charge is 0.135 e. The van der Waals surface area contributed by atoms with Gasteiger partial charge in [-0.2, -0.15) is 0 Å². The molecule has 0 saturated heterocycles. The normalized spacial score (nSPS) is 22.2. The maximum absolute atomic E-state index is 11.3. The lowest BCUT2D eigenvalue weighted by Gasteiger charge is -2.06. The van der Waals surface area contributed by atoms with Crippen LogP contribution >= 0.6 is 0 Å². The van der Waals surface area contributed by atoms with E-state index in [9.17, 15) is 4.79 Å². The van der Waals surface area contributed by atoms with Gasteiger partial charge in [0.1, 0.15) is 5.78 Å². The third kappa shape index (κ3) is 3.75. The molecular weight excluding hydrogens is 160 g/mol. The topological polar surface area (TPSA) is 17.1 Å². The molecule has 1 aliphatic rings. The van der Waals surface area contributed by atoms with Gasteiger partial charge in [-0.15, -0.1) is 6.58 Å². The minimum atomic E-state index is 0.420. The highest BCUT2D eigenvalue weighted by Crippen LogP contribution is 2.26. The number of allylic oxidation sites excluding steroid dienone is 1. The Hall–Kier alpha value is -0.590. The third-order valence-electron chi connectivity index (χ3n) is 2.89. The first-order chi connectivity index (χ1) is 6.34. The molecule has 1 rings (SSSR count). The average molecular weight is 180 g/mol. The van der Waals surface area contributed by atoms with Crippen molar-refractivity contribution in [3.63, 3.8) is 0 Å². The number of Topliss-reactive ketones (excluding diaryl/α,β-unsaturated/α-hetero) is 1. The standard InChI is InChI=1S/C12H20O/c1-2-3-4-5-6-8-11-9-7-10-12(11)13/h2,11H,1,3-10H2/t11-/m0/s1. The summed E-state index contributed by atoms with van der Waals surface area (Å²) in [6, 6.07) is 0. The molecular formula is C12H20O. The summed E-state index contributed by atoms with van der Waals surface area (Å²) in [7, 11) is 0. The van der Waals surface area contributed by atoms with Crippen LogP contribution in [-0.2, 0) is 4.79 Å². The molecule has 0 aromatic heterocycles. The van der Waals surface area contributed by atoms with E-state index in [0.29, 0.717) is 11.7 Å². The fourth-order valence-corrected chi connectivity index (χ4v) is 2.05. The molecule has 0 aliphatic heterocycles. The van der Waals surface area contributed by atoms with Crippen LogP contribution in [0.2, 0.25) is 0 Å². The number of carbonyl (C=O) groups excluding carboxylic acids is 1. The SMILES string of the molecule is C=CCCCCC[C@H]1CCCC1=O. The van der Waals surface area contributed by atoms with Crippen molar-refractivity contribution in [3.05, 3.63) is 12.7 Å². The fraction of sp³-hybridized carbons (Fsp3) is 0.750. The molecule has 13 heavy (non-hydrogen) atoms. The van der Waals surface area contributed by atoms with Gasteiger partial charge in [0.05, 0.1) is 0 Å². The molecule has 1 fully saturated rings. The maximum atomic E-state index is 11.3. The van der Waals surface area contributed by atoms with Gasteiger partial charge >= 0.3 is 0 Å². The Balaban J connectivity index is 1.99. The van der Waals surface area contributed by atoms with Crippen LogP contribution in [0.3, 0.4) is 0 Å². The van der Waals surface area contributed by atoms with E-state index >= 15 is 0 Å². The second-order valence-electron chi connectivity index (χ2n) is 3.98. The summed E-state index contributed by atoms with van der Waals surface area (Å²) in [5.74, 6) is 0.937. The average Bonchev–Trinajstić information content (AvgIpc) is 2.52. The van der Waals surface area contributed by atoms with Crippen LogP contribution < -0.4 is 0 Å². The highest BCUT2D eigenvalue weighted by Gasteiger charge is 2.23. The predicted molar refractivity (Wildman–Crippen MR) is 55.6 cm³/mol. The third-order valence-corrected chi connectivity index (χ3v) is 2.89. The molecule has 0 aromatic carbocycles. The molecule has 74 valence electrons. The number of hydrogen-bond donors (Lipinski definition) is 0. The Morgan fingerprint density at radius 2 is 2.23 bits per heavy atom.